The second-order valence-electron chi connectivity index (χ2n) is 5.90. The van der Waals surface area contributed by atoms with Gasteiger partial charge in [0, 0.05) is 17.5 Å². The average molecular weight is 385 g/mol. The van der Waals surface area contributed by atoms with E-state index in [2.05, 4.69) is 10.6 Å². The summed E-state index contributed by atoms with van der Waals surface area (Å²) in [6.45, 7) is 6.39. The molecular formula is C19H19N3O4S. The predicted octanol–water partition coefficient (Wildman–Crippen LogP) is 3.38. The smallest absolute Gasteiger partial charge is 0.342 e. The number of benzene rings is 1. The lowest BCUT2D eigenvalue weighted by molar-refractivity contribution is -0.123. The lowest BCUT2D eigenvalue weighted by Gasteiger charge is -2.14. The number of amides is 2. The zero-order valence-electron chi connectivity index (χ0n) is 15.4. The van der Waals surface area contributed by atoms with Crippen LogP contribution in [0.4, 0.5) is 10.7 Å². The van der Waals surface area contributed by atoms with Crippen molar-refractivity contribution in [2.24, 2.45) is 0 Å². The molecule has 0 saturated heterocycles. The Bertz CT molecular complexity index is 943. The van der Waals surface area contributed by atoms with Crippen molar-refractivity contribution >= 4 is 39.8 Å². The lowest BCUT2D eigenvalue weighted by Crippen LogP contribution is -2.30. The first-order valence-electron chi connectivity index (χ1n) is 8.12. The van der Waals surface area contributed by atoms with Crippen LogP contribution in [0.15, 0.2) is 24.3 Å². The summed E-state index contributed by atoms with van der Waals surface area (Å²) in [6.07, 6.45) is -1.06. The third kappa shape index (κ3) is 4.92. The topological polar surface area (TPSA) is 108 Å². The maximum atomic E-state index is 12.6. The minimum absolute atomic E-state index is 0.249. The Kier molecular flexibility index (Phi) is 6.32. The van der Waals surface area contributed by atoms with Crippen LogP contribution >= 0.6 is 11.3 Å². The van der Waals surface area contributed by atoms with Gasteiger partial charge < -0.3 is 15.4 Å². The van der Waals surface area contributed by atoms with Crippen LogP contribution in [0.5, 0.6) is 0 Å². The molecule has 1 aromatic carbocycles. The Morgan fingerprint density at radius 1 is 1.22 bits per heavy atom. The molecule has 1 unspecified atom stereocenters. The van der Waals surface area contributed by atoms with Gasteiger partial charge in [0.15, 0.2) is 6.10 Å². The van der Waals surface area contributed by atoms with Gasteiger partial charge in [-0.25, -0.2) is 4.79 Å². The minimum atomic E-state index is -1.06. The van der Waals surface area contributed by atoms with Crippen LogP contribution in [0.25, 0.3) is 0 Å². The summed E-state index contributed by atoms with van der Waals surface area (Å²) in [5, 5.41) is 14.5. The standard InChI is InChI=1S/C19H19N3O4S/c1-10-12(3)27-18(21-13(4)23)16(10)19(25)26-11(2)17(24)22-15-7-5-6-14(8-15)9-20/h5-8,11H,1-4H3,(H,21,23)(H,22,24). The second kappa shape index (κ2) is 8.47. The normalized spacial score (nSPS) is 11.2. The molecule has 0 aliphatic rings. The molecule has 7 nitrogen and oxygen atoms in total. The van der Waals surface area contributed by atoms with E-state index in [9.17, 15) is 14.4 Å². The zero-order chi connectivity index (χ0) is 20.1. The number of nitriles is 1. The molecule has 8 heteroatoms. The summed E-state index contributed by atoms with van der Waals surface area (Å²) in [4.78, 5) is 37.1. The number of carbonyl (C=O) groups is 3. The van der Waals surface area contributed by atoms with Gasteiger partial charge in [-0.2, -0.15) is 5.26 Å². The van der Waals surface area contributed by atoms with Gasteiger partial charge >= 0.3 is 5.97 Å². The van der Waals surface area contributed by atoms with Crippen molar-refractivity contribution in [1.29, 1.82) is 5.26 Å². The minimum Gasteiger partial charge on any atom is -0.449 e. The van der Waals surface area contributed by atoms with Gasteiger partial charge in [-0.3, -0.25) is 9.59 Å². The number of rotatable bonds is 5. The third-order valence-electron chi connectivity index (χ3n) is 3.79. The van der Waals surface area contributed by atoms with Gasteiger partial charge in [0.25, 0.3) is 5.91 Å². The molecule has 0 saturated carbocycles. The number of nitrogens with one attached hydrogen (secondary N) is 2. The highest BCUT2D eigenvalue weighted by molar-refractivity contribution is 7.16. The Balaban J connectivity index is 2.12. The molecule has 27 heavy (non-hydrogen) atoms. The molecule has 0 bridgehead atoms. The van der Waals surface area contributed by atoms with Crippen LogP contribution in [0.2, 0.25) is 0 Å². The van der Waals surface area contributed by atoms with E-state index in [0.29, 0.717) is 21.8 Å². The van der Waals surface area contributed by atoms with E-state index in [-0.39, 0.29) is 11.5 Å². The van der Waals surface area contributed by atoms with Crippen molar-refractivity contribution in [3.63, 3.8) is 0 Å². The average Bonchev–Trinajstić information content (AvgIpc) is 2.88. The van der Waals surface area contributed by atoms with Crippen LogP contribution in [0, 0.1) is 25.2 Å². The quantitative estimate of drug-likeness (QED) is 0.767. The number of ether oxygens (including phenoxy) is 1. The SMILES string of the molecule is CC(=O)Nc1sc(C)c(C)c1C(=O)OC(C)C(=O)Nc1cccc(C#N)c1. The molecule has 140 valence electrons. The fourth-order valence-corrected chi connectivity index (χ4v) is 3.40. The molecule has 2 amide bonds. The molecule has 0 spiro atoms. The Hall–Kier alpha value is -3.18. The number of esters is 1. The number of nitrogens with zero attached hydrogens (tertiary/aromatic N) is 1. The van der Waals surface area contributed by atoms with Crippen molar-refractivity contribution in [3.8, 4) is 6.07 Å². The number of thiophene rings is 1. The number of hydrogen-bond acceptors (Lipinski definition) is 6. The monoisotopic (exact) mass is 385 g/mol. The third-order valence-corrected chi connectivity index (χ3v) is 4.91. The second-order valence-corrected chi connectivity index (χ2v) is 7.12. The molecule has 2 aromatic rings. The van der Waals surface area contributed by atoms with Crippen molar-refractivity contribution < 1.29 is 19.1 Å². The van der Waals surface area contributed by atoms with Crippen molar-refractivity contribution in [2.75, 3.05) is 10.6 Å². The van der Waals surface area contributed by atoms with Crippen molar-refractivity contribution in [1.82, 2.24) is 0 Å². The first kappa shape index (κ1) is 20.1. The summed E-state index contributed by atoms with van der Waals surface area (Å²) in [7, 11) is 0. The first-order chi connectivity index (χ1) is 12.7. The van der Waals surface area contributed by atoms with Crippen LogP contribution in [0.3, 0.4) is 0 Å². The summed E-state index contributed by atoms with van der Waals surface area (Å²) in [6, 6.07) is 8.40. The molecule has 2 rings (SSSR count). The van der Waals surface area contributed by atoms with Gasteiger partial charge in [0.1, 0.15) is 5.00 Å². The molecular weight excluding hydrogens is 366 g/mol. The van der Waals surface area contributed by atoms with Gasteiger partial charge in [-0.15, -0.1) is 11.3 Å². The van der Waals surface area contributed by atoms with E-state index >= 15 is 0 Å². The number of anilines is 2. The first-order valence-corrected chi connectivity index (χ1v) is 8.94. The highest BCUT2D eigenvalue weighted by Gasteiger charge is 2.25. The maximum absolute atomic E-state index is 12.6. The van der Waals surface area contributed by atoms with Gasteiger partial charge in [-0.1, -0.05) is 6.07 Å². The number of hydrogen-bond donors (Lipinski definition) is 2. The summed E-state index contributed by atoms with van der Waals surface area (Å²) in [5.41, 5.74) is 1.78. The Labute approximate surface area is 161 Å². The fourth-order valence-electron chi connectivity index (χ4n) is 2.30. The van der Waals surface area contributed by atoms with Gasteiger partial charge in [0.05, 0.1) is 17.2 Å². The van der Waals surface area contributed by atoms with Gasteiger partial charge in [-0.05, 0) is 44.5 Å². The fraction of sp³-hybridized carbons (Fsp3) is 0.263. The van der Waals surface area contributed by atoms with E-state index in [1.54, 1.807) is 25.1 Å². The van der Waals surface area contributed by atoms with Crippen molar-refractivity contribution in [2.45, 2.75) is 33.8 Å². The van der Waals surface area contributed by atoms with E-state index in [1.165, 1.54) is 31.3 Å². The summed E-state index contributed by atoms with van der Waals surface area (Å²) >= 11 is 1.28. The van der Waals surface area contributed by atoms with Crippen molar-refractivity contribution in [3.05, 3.63) is 45.8 Å². The molecule has 2 N–H and O–H groups in total. The molecule has 1 atom stereocenters. The Morgan fingerprint density at radius 3 is 2.56 bits per heavy atom. The largest absolute Gasteiger partial charge is 0.449 e. The van der Waals surface area contributed by atoms with E-state index in [0.717, 1.165) is 4.88 Å². The molecule has 0 radical (unpaired) electrons. The van der Waals surface area contributed by atoms with Crippen LogP contribution in [0.1, 0.15) is 40.2 Å². The zero-order valence-corrected chi connectivity index (χ0v) is 16.2. The van der Waals surface area contributed by atoms with Crippen LogP contribution < -0.4 is 10.6 Å². The van der Waals surface area contributed by atoms with Gasteiger partial charge in [0.2, 0.25) is 5.91 Å². The van der Waals surface area contributed by atoms with E-state index < -0.39 is 18.0 Å². The highest BCUT2D eigenvalue weighted by atomic mass is 32.1. The van der Waals surface area contributed by atoms with Crippen LogP contribution in [-0.4, -0.2) is 23.9 Å². The summed E-state index contributed by atoms with van der Waals surface area (Å²) < 4.78 is 5.28. The predicted molar refractivity (Wildman–Crippen MR) is 103 cm³/mol. The molecule has 0 fully saturated rings. The molecule has 1 aromatic heterocycles. The van der Waals surface area contributed by atoms with E-state index in [4.69, 9.17) is 10.00 Å². The molecule has 1 heterocycles. The molecule has 0 aliphatic carbocycles. The van der Waals surface area contributed by atoms with Crippen LogP contribution in [-0.2, 0) is 14.3 Å². The lowest BCUT2D eigenvalue weighted by atomic mass is 10.1. The molecule has 0 aliphatic heterocycles. The number of aryl methyl sites for hydroxylation is 1. The van der Waals surface area contributed by atoms with E-state index in [1.807, 2.05) is 13.0 Å². The Morgan fingerprint density at radius 2 is 1.93 bits per heavy atom. The summed E-state index contributed by atoms with van der Waals surface area (Å²) in [5.74, 6) is -1.51. The maximum Gasteiger partial charge on any atom is 0.342 e. The number of carbonyl (C=O) groups excluding carboxylic acids is 3. The highest BCUT2D eigenvalue weighted by Crippen LogP contribution is 2.33.